The molecule has 2 aromatic carbocycles. The van der Waals surface area contributed by atoms with Crippen molar-refractivity contribution in [1.29, 1.82) is 0 Å². The number of hydrogen-bond donors (Lipinski definition) is 0. The first-order valence-electron chi connectivity index (χ1n) is 7.05. The van der Waals surface area contributed by atoms with Crippen molar-refractivity contribution in [3.63, 3.8) is 0 Å². The van der Waals surface area contributed by atoms with E-state index in [9.17, 15) is 13.2 Å². The quantitative estimate of drug-likeness (QED) is 0.551. The highest BCUT2D eigenvalue weighted by Gasteiger charge is 2.31. The molecule has 1 nitrogen and oxygen atoms in total. The van der Waals surface area contributed by atoms with Gasteiger partial charge < -0.3 is 0 Å². The molecule has 0 aliphatic heterocycles. The predicted octanol–water partition coefficient (Wildman–Crippen LogP) is 6.11. The summed E-state index contributed by atoms with van der Waals surface area (Å²) in [7, 11) is 0. The number of benzene rings is 2. The molecule has 0 saturated carbocycles. The summed E-state index contributed by atoms with van der Waals surface area (Å²) in [4.78, 5) is 4.50. The topological polar surface area (TPSA) is 12.9 Å². The Kier molecular flexibility index (Phi) is 3.98. The number of halogens is 3. The summed E-state index contributed by atoms with van der Waals surface area (Å²) in [5.41, 5.74) is 3.32. The Morgan fingerprint density at radius 2 is 1.57 bits per heavy atom. The fourth-order valence-electron chi connectivity index (χ4n) is 2.33. The Bertz CT molecular complexity index is 832. The van der Waals surface area contributed by atoms with Gasteiger partial charge in [-0.1, -0.05) is 29.8 Å². The average Bonchev–Trinajstić information content (AvgIpc) is 2.96. The Morgan fingerprint density at radius 1 is 0.870 bits per heavy atom. The molecule has 118 valence electrons. The molecule has 23 heavy (non-hydrogen) atoms. The Hall–Kier alpha value is -2.14. The molecule has 0 atom stereocenters. The molecule has 0 aliphatic rings. The van der Waals surface area contributed by atoms with Gasteiger partial charge in [0.1, 0.15) is 5.01 Å². The lowest BCUT2D eigenvalue weighted by atomic mass is 10.1. The summed E-state index contributed by atoms with van der Waals surface area (Å²) in [5.74, 6) is 0. The molecule has 0 fully saturated rings. The molecule has 5 heteroatoms. The number of alkyl halides is 3. The summed E-state index contributed by atoms with van der Waals surface area (Å²) in [6, 6.07) is 11.9. The third-order valence-corrected chi connectivity index (χ3v) is 4.39. The maximum Gasteiger partial charge on any atom is 0.416 e. The number of thiazole rings is 1. The van der Waals surface area contributed by atoms with Crippen LogP contribution in [-0.2, 0) is 6.18 Å². The van der Waals surface area contributed by atoms with Crippen molar-refractivity contribution < 1.29 is 13.2 Å². The lowest BCUT2D eigenvalue weighted by molar-refractivity contribution is -0.137. The second-order valence-electron chi connectivity index (χ2n) is 5.49. The van der Waals surface area contributed by atoms with Crippen LogP contribution in [0.25, 0.3) is 21.8 Å². The highest BCUT2D eigenvalue weighted by Crippen LogP contribution is 2.35. The van der Waals surface area contributed by atoms with E-state index in [2.05, 4.69) is 4.98 Å². The van der Waals surface area contributed by atoms with Gasteiger partial charge in [-0.15, -0.1) is 11.3 Å². The summed E-state index contributed by atoms with van der Waals surface area (Å²) in [5, 5.41) is 2.46. The number of rotatable bonds is 2. The summed E-state index contributed by atoms with van der Waals surface area (Å²) >= 11 is 1.35. The third kappa shape index (κ3) is 3.45. The molecule has 0 aliphatic carbocycles. The molecular formula is C18H14F3NS. The van der Waals surface area contributed by atoms with E-state index >= 15 is 0 Å². The number of nitrogens with zero attached hydrogens (tertiary/aromatic N) is 1. The summed E-state index contributed by atoms with van der Waals surface area (Å²) in [6.07, 6.45) is -4.35. The molecule has 1 aromatic heterocycles. The molecule has 3 rings (SSSR count). The van der Waals surface area contributed by atoms with Crippen molar-refractivity contribution in [1.82, 2.24) is 4.98 Å². The Labute approximate surface area is 136 Å². The van der Waals surface area contributed by atoms with Crippen LogP contribution in [0.5, 0.6) is 0 Å². The molecule has 0 saturated heterocycles. The molecule has 3 aromatic rings. The third-order valence-electron chi connectivity index (χ3n) is 3.50. The highest BCUT2D eigenvalue weighted by molar-refractivity contribution is 7.13. The van der Waals surface area contributed by atoms with Crippen LogP contribution in [0.15, 0.2) is 47.8 Å². The van der Waals surface area contributed by atoms with Crippen LogP contribution in [0.4, 0.5) is 13.2 Å². The van der Waals surface area contributed by atoms with Gasteiger partial charge in [0.15, 0.2) is 0 Å². The van der Waals surface area contributed by atoms with Crippen LogP contribution in [0.3, 0.4) is 0 Å². The first-order chi connectivity index (χ1) is 10.8. The molecule has 0 bridgehead atoms. The molecular weight excluding hydrogens is 319 g/mol. The monoisotopic (exact) mass is 333 g/mol. The van der Waals surface area contributed by atoms with Gasteiger partial charge in [-0.05, 0) is 37.6 Å². The minimum Gasteiger partial charge on any atom is -0.236 e. The van der Waals surface area contributed by atoms with Crippen LogP contribution in [0.2, 0.25) is 0 Å². The van der Waals surface area contributed by atoms with Crippen molar-refractivity contribution in [3.05, 3.63) is 64.5 Å². The smallest absolute Gasteiger partial charge is 0.236 e. The van der Waals surface area contributed by atoms with Gasteiger partial charge in [-0.2, -0.15) is 13.2 Å². The van der Waals surface area contributed by atoms with Gasteiger partial charge in [-0.3, -0.25) is 0 Å². The van der Waals surface area contributed by atoms with Gasteiger partial charge in [0.05, 0.1) is 11.3 Å². The first kappa shape index (κ1) is 15.7. The van der Waals surface area contributed by atoms with Crippen molar-refractivity contribution in [2.75, 3.05) is 0 Å². The predicted molar refractivity (Wildman–Crippen MR) is 87.5 cm³/mol. The van der Waals surface area contributed by atoms with E-state index in [4.69, 9.17) is 0 Å². The summed E-state index contributed by atoms with van der Waals surface area (Å²) < 4.78 is 38.9. The van der Waals surface area contributed by atoms with E-state index in [0.29, 0.717) is 16.1 Å². The van der Waals surface area contributed by atoms with Crippen molar-refractivity contribution in [2.24, 2.45) is 0 Å². The lowest BCUT2D eigenvalue weighted by Gasteiger charge is -2.09. The fraction of sp³-hybridized carbons (Fsp3) is 0.167. The van der Waals surface area contributed by atoms with Gasteiger partial charge in [0, 0.05) is 16.5 Å². The number of aryl methyl sites for hydroxylation is 2. The molecule has 0 spiro atoms. The maximum atomic E-state index is 13.0. The standard InChI is InChI=1S/C18H14F3NS/c1-11-3-5-13(6-4-11)16-10-23-17(22-16)14-7-12(2)8-15(9-14)18(19,20)21/h3-10H,1-2H3. The second-order valence-corrected chi connectivity index (χ2v) is 6.35. The number of hydrogen-bond acceptors (Lipinski definition) is 2. The molecule has 1 heterocycles. The van der Waals surface area contributed by atoms with Crippen LogP contribution in [0.1, 0.15) is 16.7 Å². The van der Waals surface area contributed by atoms with Crippen molar-refractivity contribution in [2.45, 2.75) is 20.0 Å². The normalized spacial score (nSPS) is 11.7. The summed E-state index contributed by atoms with van der Waals surface area (Å²) in [6.45, 7) is 3.66. The number of aromatic nitrogens is 1. The van der Waals surface area contributed by atoms with Crippen molar-refractivity contribution >= 4 is 11.3 Å². The highest BCUT2D eigenvalue weighted by atomic mass is 32.1. The van der Waals surface area contributed by atoms with Gasteiger partial charge >= 0.3 is 6.18 Å². The van der Waals surface area contributed by atoms with E-state index in [-0.39, 0.29) is 0 Å². The van der Waals surface area contributed by atoms with Crippen LogP contribution in [-0.4, -0.2) is 4.98 Å². The Balaban J connectivity index is 2.00. The zero-order chi connectivity index (χ0) is 16.6. The maximum absolute atomic E-state index is 13.0. The Morgan fingerprint density at radius 3 is 2.22 bits per heavy atom. The largest absolute Gasteiger partial charge is 0.416 e. The second kappa shape index (κ2) is 5.81. The van der Waals surface area contributed by atoms with E-state index in [0.717, 1.165) is 29.0 Å². The van der Waals surface area contributed by atoms with Gasteiger partial charge in [0.25, 0.3) is 0 Å². The van der Waals surface area contributed by atoms with E-state index < -0.39 is 11.7 Å². The van der Waals surface area contributed by atoms with Gasteiger partial charge in [-0.25, -0.2) is 4.98 Å². The van der Waals surface area contributed by atoms with Crippen molar-refractivity contribution in [3.8, 4) is 21.8 Å². The lowest BCUT2D eigenvalue weighted by Crippen LogP contribution is -2.05. The van der Waals surface area contributed by atoms with Gasteiger partial charge in [0.2, 0.25) is 0 Å². The van der Waals surface area contributed by atoms with E-state index in [1.807, 2.05) is 36.6 Å². The minimum absolute atomic E-state index is 0.501. The van der Waals surface area contributed by atoms with Crippen LogP contribution < -0.4 is 0 Å². The molecule has 0 unspecified atom stereocenters. The van der Waals surface area contributed by atoms with E-state index in [1.54, 1.807) is 13.0 Å². The first-order valence-corrected chi connectivity index (χ1v) is 7.93. The van der Waals surface area contributed by atoms with E-state index in [1.165, 1.54) is 11.3 Å². The molecule has 0 radical (unpaired) electrons. The van der Waals surface area contributed by atoms with Crippen LogP contribution in [0, 0.1) is 13.8 Å². The average molecular weight is 333 g/mol. The zero-order valence-electron chi connectivity index (χ0n) is 12.6. The minimum atomic E-state index is -4.35. The zero-order valence-corrected chi connectivity index (χ0v) is 13.4. The fourth-order valence-corrected chi connectivity index (χ4v) is 3.15. The molecule has 0 amide bonds. The van der Waals surface area contributed by atoms with Crippen LogP contribution >= 0.6 is 11.3 Å². The molecule has 0 N–H and O–H groups in total. The SMILES string of the molecule is Cc1ccc(-c2csc(-c3cc(C)cc(C(F)(F)F)c3)n2)cc1.